The molecular formula is C22H32FN7O4. The van der Waals surface area contributed by atoms with E-state index in [-0.39, 0.29) is 29.5 Å². The van der Waals surface area contributed by atoms with Gasteiger partial charge in [0.25, 0.3) is 5.91 Å². The summed E-state index contributed by atoms with van der Waals surface area (Å²) in [5.41, 5.74) is 6.88. The molecule has 2 aromatic rings. The van der Waals surface area contributed by atoms with Gasteiger partial charge in [0.15, 0.2) is 17.4 Å². The molecule has 12 heteroatoms. The van der Waals surface area contributed by atoms with Crippen molar-refractivity contribution < 1.29 is 23.8 Å². The maximum Gasteiger partial charge on any atom is 0.270 e. The number of nitrogens with zero attached hydrogens (tertiary/aromatic N) is 4. The summed E-state index contributed by atoms with van der Waals surface area (Å²) in [5.74, 6) is 5.44. The number of amidine groups is 1. The van der Waals surface area contributed by atoms with Crippen LogP contribution in [0.5, 0.6) is 5.75 Å². The summed E-state index contributed by atoms with van der Waals surface area (Å²) in [5, 5.41) is 16.2. The van der Waals surface area contributed by atoms with Crippen LogP contribution in [0.2, 0.25) is 0 Å². The van der Waals surface area contributed by atoms with Crippen LogP contribution in [0.3, 0.4) is 0 Å². The van der Waals surface area contributed by atoms with Gasteiger partial charge in [-0.05, 0) is 43.5 Å². The van der Waals surface area contributed by atoms with E-state index in [1.54, 1.807) is 13.0 Å². The molecule has 1 fully saturated rings. The highest BCUT2D eigenvalue weighted by atomic mass is 19.1. The first-order valence-corrected chi connectivity index (χ1v) is 10.7. The molecule has 186 valence electrons. The fourth-order valence-corrected chi connectivity index (χ4v) is 3.07. The van der Waals surface area contributed by atoms with E-state index in [0.717, 1.165) is 31.2 Å². The Morgan fingerprint density at radius 1 is 1.38 bits per heavy atom. The number of hydrogen-bond acceptors (Lipinski definition) is 9. The molecule has 1 aliphatic rings. The third-order valence-electron chi connectivity index (χ3n) is 4.78. The quantitative estimate of drug-likeness (QED) is 0.195. The smallest absolute Gasteiger partial charge is 0.270 e. The number of carbonyl (C=O) groups is 1. The Morgan fingerprint density at radius 3 is 2.71 bits per heavy atom. The maximum atomic E-state index is 13.4. The van der Waals surface area contributed by atoms with E-state index in [2.05, 4.69) is 20.4 Å². The number of hydrazine groups is 1. The lowest BCUT2D eigenvalue weighted by Gasteiger charge is -2.18. The third kappa shape index (κ3) is 8.54. The molecule has 1 aliphatic heterocycles. The maximum absolute atomic E-state index is 13.4. The lowest BCUT2D eigenvalue weighted by molar-refractivity contribution is 0.0304. The zero-order chi connectivity index (χ0) is 25.1. The molecule has 2 heterocycles. The van der Waals surface area contributed by atoms with Crippen LogP contribution in [-0.2, 0) is 11.3 Å². The van der Waals surface area contributed by atoms with E-state index in [1.165, 1.54) is 32.4 Å². The molecule has 1 saturated heterocycles. The number of hydrogen-bond donors (Lipinski definition) is 4. The van der Waals surface area contributed by atoms with Crippen molar-refractivity contribution in [2.45, 2.75) is 26.3 Å². The predicted octanol–water partition coefficient (Wildman–Crippen LogP) is 0.694. The van der Waals surface area contributed by atoms with Crippen LogP contribution in [0.4, 0.5) is 4.39 Å². The Morgan fingerprint density at radius 2 is 2.12 bits per heavy atom. The normalized spacial score (nSPS) is 15.7. The first kappa shape index (κ1) is 26.9. The van der Waals surface area contributed by atoms with Crippen molar-refractivity contribution in [3.05, 3.63) is 52.9 Å². The number of methoxy groups -OCH3 is 1. The van der Waals surface area contributed by atoms with E-state index in [9.17, 15) is 9.18 Å². The van der Waals surface area contributed by atoms with Crippen LogP contribution >= 0.6 is 0 Å². The van der Waals surface area contributed by atoms with Gasteiger partial charge >= 0.3 is 0 Å². The number of ether oxygens (including phenoxy) is 2. The SMILES string of the molecule is COc1cc(CNC(=O)c2cc(/C(N)=N/N(C)N)nc(C)n2)ccc1F.OC[C@H]1CCCOC1. The zero-order valence-electron chi connectivity index (χ0n) is 19.6. The molecule has 0 aliphatic carbocycles. The second kappa shape index (κ2) is 13.4. The number of aliphatic hydroxyl groups is 1. The second-order valence-electron chi connectivity index (χ2n) is 7.66. The summed E-state index contributed by atoms with van der Waals surface area (Å²) in [6, 6.07) is 5.74. The topological polar surface area (TPSA) is 161 Å². The Kier molecular flexibility index (Phi) is 10.6. The summed E-state index contributed by atoms with van der Waals surface area (Å²) in [4.78, 5) is 20.6. The van der Waals surface area contributed by atoms with Gasteiger partial charge in [0.05, 0.1) is 13.7 Å². The largest absolute Gasteiger partial charge is 0.494 e. The molecule has 0 saturated carbocycles. The second-order valence-corrected chi connectivity index (χ2v) is 7.66. The molecule has 6 N–H and O–H groups in total. The number of halogens is 1. The standard InChI is InChI=1S/C16H20FN7O2.C6H12O2/c1-9-21-12(15(18)23-24(2)19)7-13(22-9)16(25)20-8-10-4-5-11(17)14(6-10)26-3;7-4-6-2-1-3-8-5-6/h4-7H,8,19H2,1-3H3,(H2,18,23)(H,20,25);6-7H,1-5H2/t;6-/m.1/s1. The average molecular weight is 478 g/mol. The van der Waals surface area contributed by atoms with E-state index in [1.807, 2.05) is 0 Å². The first-order chi connectivity index (χ1) is 16.2. The van der Waals surface area contributed by atoms with Crippen molar-refractivity contribution in [2.75, 3.05) is 34.0 Å². The molecule has 0 spiro atoms. The number of aryl methyl sites for hydroxylation is 1. The Labute approximate surface area is 197 Å². The van der Waals surface area contributed by atoms with Crippen molar-refractivity contribution >= 4 is 11.7 Å². The number of carbonyl (C=O) groups excluding carboxylic acids is 1. The van der Waals surface area contributed by atoms with Crippen LogP contribution in [0, 0.1) is 18.7 Å². The van der Waals surface area contributed by atoms with Gasteiger partial charge in [0.2, 0.25) is 0 Å². The van der Waals surface area contributed by atoms with E-state index >= 15 is 0 Å². The Hall–Kier alpha value is -3.35. The number of rotatable bonds is 7. The van der Waals surface area contributed by atoms with Crippen molar-refractivity contribution in [1.82, 2.24) is 20.4 Å². The van der Waals surface area contributed by atoms with Gasteiger partial charge in [-0.2, -0.15) is 0 Å². The third-order valence-corrected chi connectivity index (χ3v) is 4.78. The number of amides is 1. The molecular weight excluding hydrogens is 445 g/mol. The number of benzene rings is 1. The molecule has 11 nitrogen and oxygen atoms in total. The first-order valence-electron chi connectivity index (χ1n) is 10.7. The summed E-state index contributed by atoms with van der Waals surface area (Å²) in [6.07, 6.45) is 2.25. The Balaban J connectivity index is 0.000000430. The van der Waals surface area contributed by atoms with Gasteiger partial charge in [-0.3, -0.25) is 4.79 Å². The van der Waals surface area contributed by atoms with Gasteiger partial charge in [-0.1, -0.05) is 6.07 Å². The number of nitrogens with one attached hydrogen (secondary N) is 1. The minimum atomic E-state index is -0.474. The molecule has 0 bridgehead atoms. The average Bonchev–Trinajstić information content (AvgIpc) is 2.83. The van der Waals surface area contributed by atoms with E-state index in [4.69, 9.17) is 26.2 Å². The monoisotopic (exact) mass is 477 g/mol. The Bertz CT molecular complexity index is 982. The summed E-state index contributed by atoms with van der Waals surface area (Å²) < 4.78 is 23.5. The van der Waals surface area contributed by atoms with Crippen molar-refractivity contribution in [3.8, 4) is 5.75 Å². The van der Waals surface area contributed by atoms with Crippen molar-refractivity contribution in [2.24, 2.45) is 22.6 Å². The van der Waals surface area contributed by atoms with Gasteiger partial charge in [0, 0.05) is 32.7 Å². The number of nitrogens with two attached hydrogens (primary N) is 2. The van der Waals surface area contributed by atoms with Crippen LogP contribution in [0.25, 0.3) is 0 Å². The molecule has 1 aromatic carbocycles. The molecule has 1 atom stereocenters. The van der Waals surface area contributed by atoms with Crippen molar-refractivity contribution in [3.63, 3.8) is 0 Å². The summed E-state index contributed by atoms with van der Waals surface area (Å²) in [6.45, 7) is 3.74. The molecule has 0 radical (unpaired) electrons. The number of hydrazone groups is 1. The fourth-order valence-electron chi connectivity index (χ4n) is 3.07. The fraction of sp³-hybridized carbons (Fsp3) is 0.455. The molecule has 1 aromatic heterocycles. The van der Waals surface area contributed by atoms with Gasteiger partial charge in [0.1, 0.15) is 17.2 Å². The minimum Gasteiger partial charge on any atom is -0.494 e. The van der Waals surface area contributed by atoms with Crippen LogP contribution < -0.4 is 21.6 Å². The van der Waals surface area contributed by atoms with E-state index in [0.29, 0.717) is 23.9 Å². The van der Waals surface area contributed by atoms with Crippen LogP contribution in [-0.4, -0.2) is 65.9 Å². The van der Waals surface area contributed by atoms with Crippen molar-refractivity contribution in [1.29, 1.82) is 0 Å². The highest BCUT2D eigenvalue weighted by Crippen LogP contribution is 2.18. The van der Waals surface area contributed by atoms with Crippen LogP contribution in [0.15, 0.2) is 29.4 Å². The zero-order valence-corrected chi connectivity index (χ0v) is 19.6. The number of aliphatic hydroxyl groups excluding tert-OH is 1. The van der Waals surface area contributed by atoms with Crippen LogP contribution in [0.1, 0.15) is 40.4 Å². The molecule has 1 amide bonds. The minimum absolute atomic E-state index is 0.0535. The lowest BCUT2D eigenvalue weighted by Crippen LogP contribution is -2.28. The molecule has 34 heavy (non-hydrogen) atoms. The van der Waals surface area contributed by atoms with Gasteiger partial charge in [-0.25, -0.2) is 25.3 Å². The highest BCUT2D eigenvalue weighted by Gasteiger charge is 2.13. The lowest BCUT2D eigenvalue weighted by atomic mass is 10.0. The summed E-state index contributed by atoms with van der Waals surface area (Å²) in [7, 11) is 2.88. The van der Waals surface area contributed by atoms with Gasteiger partial charge in [-0.15, -0.1) is 5.10 Å². The van der Waals surface area contributed by atoms with Gasteiger partial charge < -0.3 is 25.6 Å². The molecule has 3 rings (SSSR count). The summed E-state index contributed by atoms with van der Waals surface area (Å²) >= 11 is 0. The van der Waals surface area contributed by atoms with E-state index < -0.39 is 11.7 Å². The number of aromatic nitrogens is 2. The molecule has 0 unspecified atom stereocenters. The predicted molar refractivity (Wildman–Crippen MR) is 124 cm³/mol. The highest BCUT2D eigenvalue weighted by molar-refractivity contribution is 5.99.